The summed E-state index contributed by atoms with van der Waals surface area (Å²) in [4.78, 5) is 12.0. The first kappa shape index (κ1) is 33.0. The number of hydrogen-bond donors (Lipinski definition) is 1. The molecule has 1 N–H and O–H groups in total. The molecule has 0 aliphatic carbocycles. The molecule has 2 heteroatoms. The van der Waals surface area contributed by atoms with Crippen molar-refractivity contribution in [1.82, 2.24) is 5.32 Å². The lowest BCUT2D eigenvalue weighted by Crippen LogP contribution is -2.23. The van der Waals surface area contributed by atoms with Crippen molar-refractivity contribution in [3.8, 4) is 0 Å². The van der Waals surface area contributed by atoms with E-state index in [0.29, 0.717) is 6.42 Å². The van der Waals surface area contributed by atoms with Crippen molar-refractivity contribution in [2.75, 3.05) is 6.54 Å². The molecule has 1 amide bonds. The Bertz CT molecular complexity index is 454. The molecule has 0 radical (unpaired) electrons. The Kier molecular flexibility index (Phi) is 29.1. The van der Waals surface area contributed by atoms with E-state index < -0.39 is 0 Å². The highest BCUT2D eigenvalue weighted by Gasteiger charge is 2.00. The molecule has 0 rings (SSSR count). The number of rotatable bonds is 27. The van der Waals surface area contributed by atoms with Crippen LogP contribution in [0.25, 0.3) is 0 Å². The predicted molar refractivity (Wildman–Crippen MR) is 153 cm³/mol. The minimum Gasteiger partial charge on any atom is -0.356 e. The summed E-state index contributed by atoms with van der Waals surface area (Å²) in [5.74, 6) is 0.258. The van der Waals surface area contributed by atoms with Gasteiger partial charge in [-0.25, -0.2) is 0 Å². The van der Waals surface area contributed by atoms with Crippen molar-refractivity contribution >= 4 is 5.91 Å². The number of unbranched alkanes of at least 4 members (excludes halogenated alkanes) is 19. The summed E-state index contributed by atoms with van der Waals surface area (Å²) in [5.41, 5.74) is 0. The summed E-state index contributed by atoms with van der Waals surface area (Å²) in [6, 6.07) is 0. The Balaban J connectivity index is 3.23. The van der Waals surface area contributed by atoms with Crippen LogP contribution in [0.5, 0.6) is 0 Å². The third kappa shape index (κ3) is 29.0. The van der Waals surface area contributed by atoms with Crippen LogP contribution in [0.3, 0.4) is 0 Å². The zero-order chi connectivity index (χ0) is 24.8. The van der Waals surface area contributed by atoms with Crippen LogP contribution in [0.1, 0.15) is 168 Å². The Hall–Kier alpha value is -1.05. The third-order valence-corrected chi connectivity index (χ3v) is 6.71. The molecule has 0 heterocycles. The quantitative estimate of drug-likeness (QED) is 0.0928. The number of amides is 1. The molecule has 0 aliphatic heterocycles. The van der Waals surface area contributed by atoms with Gasteiger partial charge in [-0.05, 0) is 44.9 Å². The Morgan fingerprint density at radius 1 is 0.500 bits per heavy atom. The van der Waals surface area contributed by atoms with E-state index in [1.807, 2.05) is 0 Å². The van der Waals surface area contributed by atoms with Crippen molar-refractivity contribution in [3.63, 3.8) is 0 Å². The Morgan fingerprint density at radius 2 is 0.912 bits per heavy atom. The third-order valence-electron chi connectivity index (χ3n) is 6.71. The normalized spacial score (nSPS) is 11.7. The summed E-state index contributed by atoms with van der Waals surface area (Å²) in [5, 5.41) is 3.11. The molecular formula is C32H61NO. The monoisotopic (exact) mass is 475 g/mol. The molecule has 0 fully saturated rings. The molecule has 0 saturated carbocycles. The van der Waals surface area contributed by atoms with Crippen LogP contribution in [0.15, 0.2) is 24.3 Å². The first-order valence-electron chi connectivity index (χ1n) is 15.4. The highest BCUT2D eigenvalue weighted by Crippen LogP contribution is 2.12. The van der Waals surface area contributed by atoms with Crippen molar-refractivity contribution in [1.29, 1.82) is 0 Å². The fourth-order valence-corrected chi connectivity index (χ4v) is 4.38. The van der Waals surface area contributed by atoms with Crippen molar-refractivity contribution < 1.29 is 4.79 Å². The molecule has 200 valence electrons. The second kappa shape index (κ2) is 30.0. The van der Waals surface area contributed by atoms with E-state index >= 15 is 0 Å². The molecule has 0 aromatic carbocycles. The molecule has 0 atom stereocenters. The largest absolute Gasteiger partial charge is 0.356 e. The fourth-order valence-electron chi connectivity index (χ4n) is 4.38. The molecule has 34 heavy (non-hydrogen) atoms. The standard InChI is InChI=1S/C32H61NO/c1-3-5-7-9-11-13-15-17-18-19-20-22-24-26-28-30-32(34)33-31-29-27-25-23-21-16-14-12-10-8-6-4-2/h11,13,17-18H,3-10,12,14-16,19-31H2,1-2H3,(H,33,34). The molecule has 0 saturated heterocycles. The van der Waals surface area contributed by atoms with Crippen molar-refractivity contribution in [3.05, 3.63) is 24.3 Å². The summed E-state index contributed by atoms with van der Waals surface area (Å²) in [6.07, 6.45) is 39.9. The maximum absolute atomic E-state index is 12.0. The van der Waals surface area contributed by atoms with Crippen LogP contribution in [0.4, 0.5) is 0 Å². The highest BCUT2D eigenvalue weighted by atomic mass is 16.1. The zero-order valence-corrected chi connectivity index (χ0v) is 23.4. The maximum atomic E-state index is 12.0. The fraction of sp³-hybridized carbons (Fsp3) is 0.844. The van der Waals surface area contributed by atoms with E-state index in [2.05, 4.69) is 43.5 Å². The van der Waals surface area contributed by atoms with Gasteiger partial charge in [0.1, 0.15) is 0 Å². The summed E-state index contributed by atoms with van der Waals surface area (Å²) in [7, 11) is 0. The van der Waals surface area contributed by atoms with Crippen LogP contribution in [0.2, 0.25) is 0 Å². The minimum absolute atomic E-state index is 0.258. The summed E-state index contributed by atoms with van der Waals surface area (Å²) < 4.78 is 0. The van der Waals surface area contributed by atoms with E-state index in [-0.39, 0.29) is 5.91 Å². The van der Waals surface area contributed by atoms with Crippen molar-refractivity contribution in [2.45, 2.75) is 168 Å². The van der Waals surface area contributed by atoms with Gasteiger partial charge in [-0.2, -0.15) is 0 Å². The second-order valence-corrected chi connectivity index (χ2v) is 10.2. The van der Waals surface area contributed by atoms with Gasteiger partial charge in [0.05, 0.1) is 0 Å². The lowest BCUT2D eigenvalue weighted by atomic mass is 10.1. The SMILES string of the molecule is CCCCCC=CCC=CCCCCCCCC(=O)NCCCCCCCCCCCCCC. The minimum atomic E-state index is 0.258. The number of allylic oxidation sites excluding steroid dienone is 4. The first-order chi connectivity index (χ1) is 16.8. The predicted octanol–water partition coefficient (Wildman–Crippen LogP) is 10.6. The molecule has 0 aromatic rings. The number of hydrogen-bond acceptors (Lipinski definition) is 1. The van der Waals surface area contributed by atoms with Gasteiger partial charge in [-0.15, -0.1) is 0 Å². The summed E-state index contributed by atoms with van der Waals surface area (Å²) in [6.45, 7) is 5.41. The van der Waals surface area contributed by atoms with Gasteiger partial charge in [0, 0.05) is 13.0 Å². The van der Waals surface area contributed by atoms with Gasteiger partial charge in [-0.1, -0.05) is 141 Å². The second-order valence-electron chi connectivity index (χ2n) is 10.2. The smallest absolute Gasteiger partial charge is 0.219 e. The average Bonchev–Trinajstić information content (AvgIpc) is 2.84. The number of nitrogens with one attached hydrogen (secondary N) is 1. The van der Waals surface area contributed by atoms with Crippen LogP contribution in [-0.4, -0.2) is 12.5 Å². The summed E-state index contributed by atoms with van der Waals surface area (Å²) >= 11 is 0. The van der Waals surface area contributed by atoms with Gasteiger partial charge in [0.15, 0.2) is 0 Å². The molecule has 0 unspecified atom stereocenters. The van der Waals surface area contributed by atoms with E-state index in [1.54, 1.807) is 0 Å². The van der Waals surface area contributed by atoms with Gasteiger partial charge < -0.3 is 5.32 Å². The van der Waals surface area contributed by atoms with Crippen LogP contribution in [0, 0.1) is 0 Å². The van der Waals surface area contributed by atoms with E-state index in [1.165, 1.54) is 128 Å². The molecule has 0 aliphatic rings. The van der Waals surface area contributed by atoms with E-state index in [0.717, 1.165) is 25.8 Å². The maximum Gasteiger partial charge on any atom is 0.219 e. The molecule has 2 nitrogen and oxygen atoms in total. The molecule has 0 spiro atoms. The molecular weight excluding hydrogens is 414 g/mol. The van der Waals surface area contributed by atoms with E-state index in [9.17, 15) is 4.79 Å². The highest BCUT2D eigenvalue weighted by molar-refractivity contribution is 5.75. The van der Waals surface area contributed by atoms with Crippen LogP contribution in [-0.2, 0) is 4.79 Å². The number of carbonyl (C=O) groups is 1. The topological polar surface area (TPSA) is 29.1 Å². The zero-order valence-electron chi connectivity index (χ0n) is 23.4. The van der Waals surface area contributed by atoms with Crippen LogP contribution < -0.4 is 5.32 Å². The Labute approximate surface area is 214 Å². The first-order valence-corrected chi connectivity index (χ1v) is 15.4. The average molecular weight is 476 g/mol. The van der Waals surface area contributed by atoms with Gasteiger partial charge in [0.2, 0.25) is 5.91 Å². The van der Waals surface area contributed by atoms with Gasteiger partial charge >= 0.3 is 0 Å². The molecule has 0 aromatic heterocycles. The molecule has 0 bridgehead atoms. The van der Waals surface area contributed by atoms with E-state index in [4.69, 9.17) is 0 Å². The Morgan fingerprint density at radius 3 is 1.47 bits per heavy atom. The van der Waals surface area contributed by atoms with Crippen molar-refractivity contribution in [2.24, 2.45) is 0 Å². The number of carbonyl (C=O) groups excluding carboxylic acids is 1. The lowest BCUT2D eigenvalue weighted by molar-refractivity contribution is -0.121. The van der Waals surface area contributed by atoms with Gasteiger partial charge in [0.25, 0.3) is 0 Å². The lowest BCUT2D eigenvalue weighted by Gasteiger charge is -2.06. The van der Waals surface area contributed by atoms with Crippen LogP contribution >= 0.6 is 0 Å². The van der Waals surface area contributed by atoms with Gasteiger partial charge in [-0.3, -0.25) is 4.79 Å².